The summed E-state index contributed by atoms with van der Waals surface area (Å²) in [5.41, 5.74) is 10.6. The number of benzene rings is 1. The number of anilines is 1. The minimum Gasteiger partial charge on any atom is -0.393 e. The van der Waals surface area contributed by atoms with E-state index in [1.54, 1.807) is 0 Å². The molecule has 8 heteroatoms. The van der Waals surface area contributed by atoms with Gasteiger partial charge < -0.3 is 16.8 Å². The molecule has 1 rings (SSSR count). The van der Waals surface area contributed by atoms with Crippen LogP contribution in [0.1, 0.15) is 37.6 Å². The highest BCUT2D eigenvalue weighted by Gasteiger charge is 2.28. The highest BCUT2D eigenvalue weighted by atomic mass is 35.5. The summed E-state index contributed by atoms with van der Waals surface area (Å²) >= 11 is 0. The predicted octanol–water partition coefficient (Wildman–Crippen LogP) is 2.09. The Morgan fingerprint density at radius 2 is 2.05 bits per heavy atom. The molecule has 1 aromatic carbocycles. The molecule has 7 nitrogen and oxygen atoms in total. The number of nitrogens with two attached hydrogens (primary N) is 2. The molecular formula is C14H23ClN4O3. The van der Waals surface area contributed by atoms with Crippen molar-refractivity contribution in [1.82, 2.24) is 5.32 Å². The molecule has 0 radical (unpaired) electrons. The quantitative estimate of drug-likeness (QED) is 0.418. The number of amides is 1. The van der Waals surface area contributed by atoms with Crippen LogP contribution in [-0.2, 0) is 0 Å². The van der Waals surface area contributed by atoms with E-state index in [0.717, 1.165) is 0 Å². The van der Waals surface area contributed by atoms with Gasteiger partial charge in [0.1, 0.15) is 5.69 Å². The topological polar surface area (TPSA) is 124 Å². The van der Waals surface area contributed by atoms with E-state index in [4.69, 9.17) is 11.5 Å². The molecule has 0 aliphatic carbocycles. The van der Waals surface area contributed by atoms with Gasteiger partial charge in [0.15, 0.2) is 0 Å². The van der Waals surface area contributed by atoms with E-state index in [2.05, 4.69) is 5.32 Å². The molecule has 22 heavy (non-hydrogen) atoms. The fourth-order valence-electron chi connectivity index (χ4n) is 2.34. The number of nitro benzene ring substituents is 1. The lowest BCUT2D eigenvalue weighted by molar-refractivity contribution is -0.383. The highest BCUT2D eigenvalue weighted by Crippen LogP contribution is 2.25. The van der Waals surface area contributed by atoms with Crippen molar-refractivity contribution in [3.05, 3.63) is 33.9 Å². The number of hydrogen-bond acceptors (Lipinski definition) is 5. The SMILES string of the molecule is CC(C)CC(C)(CN)NC(=O)c1cccc([N+](=O)[O-])c1N.Cl. The van der Waals surface area contributed by atoms with Crippen LogP contribution >= 0.6 is 12.4 Å². The molecule has 0 aromatic heterocycles. The first kappa shape index (κ1) is 20.1. The molecule has 5 N–H and O–H groups in total. The second-order valence-electron chi connectivity index (χ2n) is 5.81. The molecule has 0 saturated heterocycles. The smallest absolute Gasteiger partial charge is 0.292 e. The maximum atomic E-state index is 12.3. The van der Waals surface area contributed by atoms with Gasteiger partial charge >= 0.3 is 0 Å². The molecule has 0 aliphatic rings. The van der Waals surface area contributed by atoms with E-state index in [0.29, 0.717) is 12.3 Å². The fourth-order valence-corrected chi connectivity index (χ4v) is 2.34. The molecule has 0 fully saturated rings. The largest absolute Gasteiger partial charge is 0.393 e. The molecule has 1 aromatic rings. The van der Waals surface area contributed by atoms with E-state index >= 15 is 0 Å². The Bertz CT molecular complexity index is 551. The van der Waals surface area contributed by atoms with Crippen molar-refractivity contribution in [3.8, 4) is 0 Å². The molecule has 1 unspecified atom stereocenters. The van der Waals surface area contributed by atoms with Crippen LogP contribution in [0, 0.1) is 16.0 Å². The molecule has 0 bridgehead atoms. The lowest BCUT2D eigenvalue weighted by atomic mass is 9.90. The molecule has 1 amide bonds. The van der Waals surface area contributed by atoms with Crippen LogP contribution in [0.4, 0.5) is 11.4 Å². The summed E-state index contributed by atoms with van der Waals surface area (Å²) in [6, 6.07) is 4.16. The molecule has 0 saturated carbocycles. The van der Waals surface area contributed by atoms with Crippen LogP contribution in [0.5, 0.6) is 0 Å². The number of nitrogens with one attached hydrogen (secondary N) is 1. The van der Waals surface area contributed by atoms with E-state index < -0.39 is 16.4 Å². The van der Waals surface area contributed by atoms with E-state index in [1.807, 2.05) is 20.8 Å². The first-order chi connectivity index (χ1) is 9.70. The van der Waals surface area contributed by atoms with E-state index in [-0.39, 0.29) is 35.9 Å². The molecule has 0 heterocycles. The third-order valence-corrected chi connectivity index (χ3v) is 3.25. The lowest BCUT2D eigenvalue weighted by Crippen LogP contribution is -2.52. The number of carbonyl (C=O) groups is 1. The number of para-hydroxylation sites is 1. The van der Waals surface area contributed by atoms with Crippen LogP contribution in [0.15, 0.2) is 18.2 Å². The summed E-state index contributed by atoms with van der Waals surface area (Å²) in [7, 11) is 0. The maximum Gasteiger partial charge on any atom is 0.292 e. The first-order valence-electron chi connectivity index (χ1n) is 6.75. The minimum atomic E-state index is -0.609. The summed E-state index contributed by atoms with van der Waals surface area (Å²) < 4.78 is 0. The number of nitrogen functional groups attached to an aromatic ring is 1. The van der Waals surface area contributed by atoms with Crippen molar-refractivity contribution in [2.45, 2.75) is 32.7 Å². The maximum absolute atomic E-state index is 12.3. The third-order valence-electron chi connectivity index (χ3n) is 3.25. The van der Waals surface area contributed by atoms with Gasteiger partial charge in [-0.2, -0.15) is 0 Å². The number of nitrogens with zero attached hydrogens (tertiary/aromatic N) is 1. The van der Waals surface area contributed by atoms with Crippen LogP contribution in [-0.4, -0.2) is 22.9 Å². The summed E-state index contributed by atoms with van der Waals surface area (Å²) in [6.45, 7) is 6.17. The Morgan fingerprint density at radius 3 is 2.50 bits per heavy atom. The number of nitro groups is 1. The molecule has 0 spiro atoms. The summed E-state index contributed by atoms with van der Waals surface area (Å²) in [5.74, 6) is -0.105. The van der Waals surface area contributed by atoms with Gasteiger partial charge in [-0.05, 0) is 25.3 Å². The van der Waals surface area contributed by atoms with Gasteiger partial charge in [0.25, 0.3) is 11.6 Å². The zero-order chi connectivity index (χ0) is 16.2. The summed E-state index contributed by atoms with van der Waals surface area (Å²) in [4.78, 5) is 22.6. The number of halogens is 1. The van der Waals surface area contributed by atoms with Crippen LogP contribution in [0.2, 0.25) is 0 Å². The van der Waals surface area contributed by atoms with Gasteiger partial charge in [-0.15, -0.1) is 12.4 Å². The molecule has 0 aliphatic heterocycles. The zero-order valence-electron chi connectivity index (χ0n) is 13.0. The second kappa shape index (κ2) is 7.95. The van der Waals surface area contributed by atoms with Gasteiger partial charge in [-0.1, -0.05) is 19.9 Å². The Morgan fingerprint density at radius 1 is 1.45 bits per heavy atom. The molecular weight excluding hydrogens is 308 g/mol. The van der Waals surface area contributed by atoms with Crippen molar-refractivity contribution in [2.75, 3.05) is 12.3 Å². The summed E-state index contributed by atoms with van der Waals surface area (Å²) in [6.07, 6.45) is 0.698. The number of rotatable bonds is 6. The number of carbonyl (C=O) groups excluding carboxylic acids is 1. The minimum absolute atomic E-state index is 0. The summed E-state index contributed by atoms with van der Waals surface area (Å²) in [5, 5.41) is 13.7. The van der Waals surface area contributed by atoms with Crippen molar-refractivity contribution < 1.29 is 9.72 Å². The van der Waals surface area contributed by atoms with Gasteiger partial charge in [-0.3, -0.25) is 14.9 Å². The fraction of sp³-hybridized carbons (Fsp3) is 0.500. The molecule has 124 valence electrons. The molecule has 1 atom stereocenters. The first-order valence-corrected chi connectivity index (χ1v) is 6.75. The third kappa shape index (κ3) is 4.85. The Balaban J connectivity index is 0.00000441. The van der Waals surface area contributed by atoms with Gasteiger partial charge in [0, 0.05) is 18.2 Å². The van der Waals surface area contributed by atoms with Crippen LogP contribution in [0.25, 0.3) is 0 Å². The van der Waals surface area contributed by atoms with E-state index in [9.17, 15) is 14.9 Å². The van der Waals surface area contributed by atoms with Gasteiger partial charge in [0.05, 0.1) is 10.5 Å². The van der Waals surface area contributed by atoms with Gasteiger partial charge in [-0.25, -0.2) is 0 Å². The second-order valence-corrected chi connectivity index (χ2v) is 5.81. The Labute approximate surface area is 136 Å². The normalized spacial score (nSPS) is 13.1. The highest BCUT2D eigenvalue weighted by molar-refractivity contribution is 6.01. The van der Waals surface area contributed by atoms with E-state index in [1.165, 1.54) is 18.2 Å². The van der Waals surface area contributed by atoms with Crippen molar-refractivity contribution in [2.24, 2.45) is 11.7 Å². The number of hydrogen-bond donors (Lipinski definition) is 3. The standard InChI is InChI=1S/C14H22N4O3.ClH/c1-9(2)7-14(3,8-15)17-13(19)10-5-4-6-11(12(10)16)18(20)21;/h4-6,9H,7-8,15-16H2,1-3H3,(H,17,19);1H. The van der Waals surface area contributed by atoms with Gasteiger partial charge in [0.2, 0.25) is 0 Å². The van der Waals surface area contributed by atoms with Crippen molar-refractivity contribution in [3.63, 3.8) is 0 Å². The van der Waals surface area contributed by atoms with Crippen LogP contribution in [0.3, 0.4) is 0 Å². The average molecular weight is 331 g/mol. The average Bonchev–Trinajstić information content (AvgIpc) is 2.37. The van der Waals surface area contributed by atoms with Crippen molar-refractivity contribution >= 4 is 29.7 Å². The van der Waals surface area contributed by atoms with Crippen molar-refractivity contribution in [1.29, 1.82) is 0 Å². The zero-order valence-corrected chi connectivity index (χ0v) is 13.8. The Kier molecular flexibility index (Phi) is 7.28. The lowest BCUT2D eigenvalue weighted by Gasteiger charge is -2.31. The Hall–Kier alpha value is -1.86. The predicted molar refractivity (Wildman–Crippen MR) is 89.1 cm³/mol. The monoisotopic (exact) mass is 330 g/mol. The van der Waals surface area contributed by atoms with Crippen LogP contribution < -0.4 is 16.8 Å².